The molecular formula is C23H24N2O3. The van der Waals surface area contributed by atoms with Crippen LogP contribution in [0.25, 0.3) is 0 Å². The molecule has 28 heavy (non-hydrogen) atoms. The van der Waals surface area contributed by atoms with Gasteiger partial charge in [0.15, 0.2) is 0 Å². The second kappa shape index (κ2) is 10.0. The van der Waals surface area contributed by atoms with Gasteiger partial charge >= 0.3 is 0 Å². The van der Waals surface area contributed by atoms with Crippen LogP contribution in [-0.4, -0.2) is 19.1 Å². The first-order chi connectivity index (χ1) is 13.7. The van der Waals surface area contributed by atoms with E-state index in [1.54, 1.807) is 0 Å². The van der Waals surface area contributed by atoms with Gasteiger partial charge in [-0.3, -0.25) is 4.79 Å². The second-order valence-corrected chi connectivity index (χ2v) is 6.22. The molecule has 3 aromatic rings. The van der Waals surface area contributed by atoms with Crippen molar-refractivity contribution in [1.29, 1.82) is 0 Å². The number of hydrogen-bond donors (Lipinski definition) is 2. The standard InChI is InChI=1S/C23H24N2O3/c1-2-15-27-22-10-6-7-19(16-22)24-17-23(26)25-18-11-13-21(14-12-18)28-20-8-4-3-5-9-20/h3-14,16,24H,2,15,17H2,1H3,(H,25,26). The molecule has 0 unspecified atom stereocenters. The number of para-hydroxylation sites is 1. The third kappa shape index (κ3) is 6.06. The molecule has 0 atom stereocenters. The quantitative estimate of drug-likeness (QED) is 0.531. The van der Waals surface area contributed by atoms with E-state index in [2.05, 4.69) is 17.6 Å². The summed E-state index contributed by atoms with van der Waals surface area (Å²) in [5.74, 6) is 2.15. The van der Waals surface area contributed by atoms with Gasteiger partial charge in [-0.05, 0) is 55.0 Å². The van der Waals surface area contributed by atoms with E-state index >= 15 is 0 Å². The molecule has 0 saturated carbocycles. The Morgan fingerprint density at radius 1 is 0.821 bits per heavy atom. The van der Waals surface area contributed by atoms with Crippen LogP contribution in [0.1, 0.15) is 13.3 Å². The zero-order valence-electron chi connectivity index (χ0n) is 15.9. The van der Waals surface area contributed by atoms with Crippen molar-refractivity contribution < 1.29 is 14.3 Å². The number of carbonyl (C=O) groups excluding carboxylic acids is 1. The van der Waals surface area contributed by atoms with E-state index < -0.39 is 0 Å². The SMILES string of the molecule is CCCOc1cccc(NCC(=O)Nc2ccc(Oc3ccccc3)cc2)c1. The van der Waals surface area contributed by atoms with Gasteiger partial charge in [-0.25, -0.2) is 0 Å². The molecule has 0 aliphatic heterocycles. The number of carbonyl (C=O) groups is 1. The first-order valence-electron chi connectivity index (χ1n) is 9.32. The summed E-state index contributed by atoms with van der Waals surface area (Å²) in [6.45, 7) is 2.90. The molecule has 0 aromatic heterocycles. The highest BCUT2D eigenvalue weighted by Gasteiger charge is 2.04. The van der Waals surface area contributed by atoms with Gasteiger partial charge in [0.2, 0.25) is 5.91 Å². The van der Waals surface area contributed by atoms with E-state index in [1.807, 2.05) is 78.9 Å². The molecule has 0 saturated heterocycles. The Labute approximate surface area is 165 Å². The average Bonchev–Trinajstić information content (AvgIpc) is 2.73. The van der Waals surface area contributed by atoms with Gasteiger partial charge in [0, 0.05) is 17.4 Å². The van der Waals surface area contributed by atoms with Crippen LogP contribution < -0.4 is 20.1 Å². The van der Waals surface area contributed by atoms with Crippen molar-refractivity contribution in [2.24, 2.45) is 0 Å². The van der Waals surface area contributed by atoms with Crippen LogP contribution in [0.5, 0.6) is 17.2 Å². The van der Waals surface area contributed by atoms with E-state index in [0.717, 1.165) is 23.6 Å². The van der Waals surface area contributed by atoms with Crippen molar-refractivity contribution >= 4 is 17.3 Å². The molecule has 2 N–H and O–H groups in total. The van der Waals surface area contributed by atoms with Crippen LogP contribution in [-0.2, 0) is 4.79 Å². The van der Waals surface area contributed by atoms with Crippen LogP contribution >= 0.6 is 0 Å². The van der Waals surface area contributed by atoms with Crippen molar-refractivity contribution in [3.8, 4) is 17.2 Å². The van der Waals surface area contributed by atoms with Crippen LogP contribution in [0.3, 0.4) is 0 Å². The Bertz CT molecular complexity index is 880. The number of nitrogens with one attached hydrogen (secondary N) is 2. The van der Waals surface area contributed by atoms with Crippen molar-refractivity contribution in [1.82, 2.24) is 0 Å². The van der Waals surface area contributed by atoms with E-state index in [9.17, 15) is 4.79 Å². The Morgan fingerprint density at radius 3 is 2.29 bits per heavy atom. The highest BCUT2D eigenvalue weighted by molar-refractivity contribution is 5.93. The van der Waals surface area contributed by atoms with E-state index in [1.165, 1.54) is 0 Å². The highest BCUT2D eigenvalue weighted by Crippen LogP contribution is 2.22. The normalized spacial score (nSPS) is 10.2. The fourth-order valence-corrected chi connectivity index (χ4v) is 2.53. The second-order valence-electron chi connectivity index (χ2n) is 6.22. The third-order valence-electron chi connectivity index (χ3n) is 3.88. The number of rotatable bonds is 9. The van der Waals surface area contributed by atoms with Gasteiger partial charge in [-0.2, -0.15) is 0 Å². The molecule has 0 aliphatic rings. The Kier molecular flexibility index (Phi) is 6.90. The first-order valence-corrected chi connectivity index (χ1v) is 9.32. The fraction of sp³-hybridized carbons (Fsp3) is 0.174. The molecule has 0 heterocycles. The Balaban J connectivity index is 1.48. The fourth-order valence-electron chi connectivity index (χ4n) is 2.53. The summed E-state index contributed by atoms with van der Waals surface area (Å²) in [6, 6.07) is 24.4. The van der Waals surface area contributed by atoms with Crippen molar-refractivity contribution in [3.05, 3.63) is 78.9 Å². The minimum Gasteiger partial charge on any atom is -0.494 e. The summed E-state index contributed by atoms with van der Waals surface area (Å²) in [7, 11) is 0. The summed E-state index contributed by atoms with van der Waals surface area (Å²) < 4.78 is 11.3. The molecule has 3 rings (SSSR count). The smallest absolute Gasteiger partial charge is 0.243 e. The Morgan fingerprint density at radius 2 is 1.54 bits per heavy atom. The maximum absolute atomic E-state index is 12.2. The lowest BCUT2D eigenvalue weighted by molar-refractivity contribution is -0.114. The topological polar surface area (TPSA) is 59.6 Å². The van der Waals surface area contributed by atoms with Crippen molar-refractivity contribution in [2.75, 3.05) is 23.8 Å². The number of benzene rings is 3. The first kappa shape index (κ1) is 19.3. The summed E-state index contributed by atoms with van der Waals surface area (Å²) in [6.07, 6.45) is 0.954. The van der Waals surface area contributed by atoms with Crippen LogP contribution in [0, 0.1) is 0 Å². The zero-order valence-corrected chi connectivity index (χ0v) is 15.9. The Hall–Kier alpha value is -3.47. The molecule has 1 amide bonds. The average molecular weight is 376 g/mol. The van der Waals surface area contributed by atoms with Gasteiger partial charge in [-0.15, -0.1) is 0 Å². The molecule has 5 nitrogen and oxygen atoms in total. The van der Waals surface area contributed by atoms with E-state index in [-0.39, 0.29) is 12.5 Å². The third-order valence-corrected chi connectivity index (χ3v) is 3.88. The summed E-state index contributed by atoms with van der Waals surface area (Å²) >= 11 is 0. The van der Waals surface area contributed by atoms with Gasteiger partial charge in [0.05, 0.1) is 13.2 Å². The van der Waals surface area contributed by atoms with Crippen molar-refractivity contribution in [3.63, 3.8) is 0 Å². The highest BCUT2D eigenvalue weighted by atomic mass is 16.5. The van der Waals surface area contributed by atoms with Gasteiger partial charge in [0.1, 0.15) is 17.2 Å². The minimum absolute atomic E-state index is 0.128. The monoisotopic (exact) mass is 376 g/mol. The molecule has 0 fully saturated rings. The van der Waals surface area contributed by atoms with Gasteiger partial charge in [0.25, 0.3) is 0 Å². The molecule has 3 aromatic carbocycles. The number of amides is 1. The molecule has 0 bridgehead atoms. The molecule has 0 spiro atoms. The lowest BCUT2D eigenvalue weighted by atomic mass is 10.3. The van der Waals surface area contributed by atoms with Gasteiger partial charge in [-0.1, -0.05) is 31.2 Å². The lowest BCUT2D eigenvalue weighted by Crippen LogP contribution is -2.21. The number of ether oxygens (including phenoxy) is 2. The largest absolute Gasteiger partial charge is 0.494 e. The molecular weight excluding hydrogens is 352 g/mol. The number of anilines is 2. The predicted octanol–water partition coefficient (Wildman–Crippen LogP) is 5.32. The van der Waals surface area contributed by atoms with E-state index in [0.29, 0.717) is 18.0 Å². The van der Waals surface area contributed by atoms with Crippen LogP contribution in [0.4, 0.5) is 11.4 Å². The molecule has 5 heteroatoms. The summed E-state index contributed by atoms with van der Waals surface area (Å²) in [5.41, 5.74) is 1.56. The minimum atomic E-state index is -0.128. The number of hydrogen-bond acceptors (Lipinski definition) is 4. The maximum Gasteiger partial charge on any atom is 0.243 e. The molecule has 0 radical (unpaired) electrons. The zero-order chi connectivity index (χ0) is 19.6. The maximum atomic E-state index is 12.2. The molecule has 0 aliphatic carbocycles. The molecule has 144 valence electrons. The van der Waals surface area contributed by atoms with E-state index in [4.69, 9.17) is 9.47 Å². The summed E-state index contributed by atoms with van der Waals surface area (Å²) in [5, 5.41) is 5.97. The van der Waals surface area contributed by atoms with Crippen molar-refractivity contribution in [2.45, 2.75) is 13.3 Å². The van der Waals surface area contributed by atoms with Gasteiger partial charge < -0.3 is 20.1 Å². The van der Waals surface area contributed by atoms with Crippen LogP contribution in [0.2, 0.25) is 0 Å². The summed E-state index contributed by atoms with van der Waals surface area (Å²) in [4.78, 5) is 12.2. The van der Waals surface area contributed by atoms with Crippen LogP contribution in [0.15, 0.2) is 78.9 Å². The predicted molar refractivity (Wildman–Crippen MR) is 112 cm³/mol. The lowest BCUT2D eigenvalue weighted by Gasteiger charge is -2.10.